The quantitative estimate of drug-likeness (QED) is 0.388. The van der Waals surface area contributed by atoms with E-state index >= 15 is 0 Å². The van der Waals surface area contributed by atoms with Crippen molar-refractivity contribution < 1.29 is 35.9 Å². The van der Waals surface area contributed by atoms with Gasteiger partial charge in [-0.2, -0.15) is 13.2 Å². The van der Waals surface area contributed by atoms with Crippen LogP contribution in [0.2, 0.25) is 5.02 Å². The number of halogens is 4. The number of esters is 1. The Morgan fingerprint density at radius 3 is 2.28 bits per heavy atom. The van der Waals surface area contributed by atoms with E-state index in [1.165, 1.54) is 42.5 Å². The van der Waals surface area contributed by atoms with Gasteiger partial charge in [0.1, 0.15) is 6.54 Å². The third-order valence-electron chi connectivity index (χ3n) is 4.86. The highest BCUT2D eigenvalue weighted by molar-refractivity contribution is 7.92. The Morgan fingerprint density at radius 1 is 1.00 bits per heavy atom. The molecule has 0 aromatic heterocycles. The van der Waals surface area contributed by atoms with E-state index in [4.69, 9.17) is 16.3 Å². The average molecular weight is 541 g/mol. The smallest absolute Gasteiger partial charge is 0.417 e. The van der Waals surface area contributed by atoms with Crippen molar-refractivity contribution >= 4 is 44.9 Å². The molecule has 0 radical (unpaired) electrons. The van der Waals surface area contributed by atoms with E-state index in [1.54, 1.807) is 19.1 Å². The van der Waals surface area contributed by atoms with Crippen LogP contribution < -0.4 is 9.62 Å². The van der Waals surface area contributed by atoms with E-state index in [1.807, 2.05) is 0 Å². The molecule has 3 aromatic carbocycles. The minimum absolute atomic E-state index is 0.0241. The number of carbonyl (C=O) groups is 2. The highest BCUT2D eigenvalue weighted by Gasteiger charge is 2.35. The predicted molar refractivity (Wildman–Crippen MR) is 128 cm³/mol. The number of alkyl halides is 3. The summed E-state index contributed by atoms with van der Waals surface area (Å²) in [5.41, 5.74) is -1.62. The van der Waals surface area contributed by atoms with Crippen LogP contribution in [-0.4, -0.2) is 33.4 Å². The zero-order chi connectivity index (χ0) is 26.5. The lowest BCUT2D eigenvalue weighted by Gasteiger charge is -2.25. The summed E-state index contributed by atoms with van der Waals surface area (Å²) in [5, 5.41) is 1.81. The van der Waals surface area contributed by atoms with Crippen molar-refractivity contribution in [1.82, 2.24) is 0 Å². The van der Waals surface area contributed by atoms with Crippen molar-refractivity contribution in [3.05, 3.63) is 88.9 Å². The summed E-state index contributed by atoms with van der Waals surface area (Å²) in [6.07, 6.45) is -4.86. The summed E-state index contributed by atoms with van der Waals surface area (Å²) in [4.78, 5) is 24.9. The molecule has 0 heterocycles. The van der Waals surface area contributed by atoms with Crippen LogP contribution in [0.4, 0.5) is 24.5 Å². The van der Waals surface area contributed by atoms with E-state index in [2.05, 4.69) is 5.32 Å². The molecule has 0 aliphatic carbocycles. The zero-order valence-corrected chi connectivity index (χ0v) is 20.3. The molecule has 0 saturated carbocycles. The molecule has 0 unspecified atom stereocenters. The van der Waals surface area contributed by atoms with Crippen LogP contribution >= 0.6 is 11.6 Å². The van der Waals surface area contributed by atoms with Gasteiger partial charge in [-0.25, -0.2) is 13.2 Å². The molecule has 1 N–H and O–H groups in total. The normalized spacial score (nSPS) is 11.6. The largest absolute Gasteiger partial charge is 0.462 e. The topological polar surface area (TPSA) is 92.8 Å². The molecule has 0 aliphatic rings. The number of rotatable bonds is 8. The van der Waals surface area contributed by atoms with Gasteiger partial charge < -0.3 is 10.1 Å². The first-order chi connectivity index (χ1) is 16.9. The molecule has 190 valence electrons. The van der Waals surface area contributed by atoms with Crippen molar-refractivity contribution in [2.75, 3.05) is 22.8 Å². The Labute approximate surface area is 210 Å². The Bertz CT molecular complexity index is 1370. The van der Waals surface area contributed by atoms with E-state index in [0.717, 1.165) is 12.1 Å². The van der Waals surface area contributed by atoms with Crippen LogP contribution in [0, 0.1) is 0 Å². The molecule has 7 nitrogen and oxygen atoms in total. The summed E-state index contributed by atoms with van der Waals surface area (Å²) >= 11 is 5.69. The lowest BCUT2D eigenvalue weighted by atomic mass is 10.1. The number of amides is 1. The SMILES string of the molecule is CCOC(=O)c1ccccc1NC(=O)CN(c1ccc(Cl)c(C(F)(F)F)c1)S(=O)(=O)c1ccccc1. The van der Waals surface area contributed by atoms with Gasteiger partial charge >= 0.3 is 12.1 Å². The maximum absolute atomic E-state index is 13.5. The number of hydrogen-bond donors (Lipinski definition) is 1. The first kappa shape index (κ1) is 27.0. The number of nitrogens with zero attached hydrogens (tertiary/aromatic N) is 1. The van der Waals surface area contributed by atoms with E-state index in [0.29, 0.717) is 10.4 Å². The van der Waals surface area contributed by atoms with Crippen molar-refractivity contribution in [3.8, 4) is 0 Å². The molecule has 0 atom stereocenters. The van der Waals surface area contributed by atoms with E-state index < -0.39 is 50.9 Å². The third kappa shape index (κ3) is 6.16. The molecule has 0 fully saturated rings. The summed E-state index contributed by atoms with van der Waals surface area (Å²) < 4.78 is 72.7. The van der Waals surface area contributed by atoms with Gasteiger partial charge in [0.25, 0.3) is 10.0 Å². The summed E-state index contributed by atoms with van der Waals surface area (Å²) in [6.45, 7) is 0.794. The number of anilines is 2. The fraction of sp³-hybridized carbons (Fsp3) is 0.167. The number of sulfonamides is 1. The molecule has 36 heavy (non-hydrogen) atoms. The second-order valence-corrected chi connectivity index (χ2v) is 9.57. The molecule has 3 rings (SSSR count). The van der Waals surface area contributed by atoms with Crippen molar-refractivity contribution in [1.29, 1.82) is 0 Å². The molecule has 0 spiro atoms. The monoisotopic (exact) mass is 540 g/mol. The second kappa shape index (κ2) is 11.0. The molecule has 1 amide bonds. The van der Waals surface area contributed by atoms with E-state index in [-0.39, 0.29) is 22.8 Å². The lowest BCUT2D eigenvalue weighted by molar-refractivity contribution is -0.137. The average Bonchev–Trinajstić information content (AvgIpc) is 2.83. The van der Waals surface area contributed by atoms with Gasteiger partial charge in [-0.3, -0.25) is 9.10 Å². The molecule has 0 bridgehead atoms. The Hall–Kier alpha value is -3.57. The molecule has 12 heteroatoms. The second-order valence-electron chi connectivity index (χ2n) is 7.30. The summed E-state index contributed by atoms with van der Waals surface area (Å²) in [7, 11) is -4.48. The maximum Gasteiger partial charge on any atom is 0.417 e. The third-order valence-corrected chi connectivity index (χ3v) is 6.98. The number of benzene rings is 3. The van der Waals surface area contributed by atoms with Crippen LogP contribution in [0.5, 0.6) is 0 Å². The van der Waals surface area contributed by atoms with Crippen LogP contribution in [-0.2, 0) is 25.7 Å². The van der Waals surface area contributed by atoms with Gasteiger partial charge in [0, 0.05) is 0 Å². The van der Waals surface area contributed by atoms with Crippen molar-refractivity contribution in [2.45, 2.75) is 18.0 Å². The Morgan fingerprint density at radius 2 is 1.64 bits per heavy atom. The van der Waals surface area contributed by atoms with Gasteiger partial charge in [0.15, 0.2) is 0 Å². The highest BCUT2D eigenvalue weighted by atomic mass is 35.5. The maximum atomic E-state index is 13.5. The van der Waals surface area contributed by atoms with E-state index in [9.17, 15) is 31.2 Å². The predicted octanol–water partition coefficient (Wildman–Crippen LogP) is 5.37. The van der Waals surface area contributed by atoms with Crippen molar-refractivity contribution in [2.24, 2.45) is 0 Å². The van der Waals surface area contributed by atoms with Gasteiger partial charge in [-0.15, -0.1) is 0 Å². The Kier molecular flexibility index (Phi) is 8.26. The van der Waals surface area contributed by atoms with Crippen LogP contribution in [0.15, 0.2) is 77.7 Å². The van der Waals surface area contributed by atoms with Gasteiger partial charge in [0.05, 0.1) is 39.0 Å². The number of ether oxygens (including phenoxy) is 1. The van der Waals surface area contributed by atoms with Gasteiger partial charge in [0.2, 0.25) is 5.91 Å². The number of hydrogen-bond acceptors (Lipinski definition) is 5. The van der Waals surface area contributed by atoms with Crippen molar-refractivity contribution in [3.63, 3.8) is 0 Å². The zero-order valence-electron chi connectivity index (χ0n) is 18.8. The van der Waals surface area contributed by atoms with Gasteiger partial charge in [-0.05, 0) is 49.4 Å². The number of para-hydroxylation sites is 1. The molecular formula is C24H20ClF3N2O5S. The standard InChI is InChI=1S/C24H20ClF3N2O5S/c1-2-35-23(32)18-10-6-7-11-21(18)29-22(31)15-30(36(33,34)17-8-4-3-5-9-17)16-12-13-20(25)19(14-16)24(26,27)28/h3-14H,2,15H2,1H3,(H,29,31). The lowest BCUT2D eigenvalue weighted by Crippen LogP contribution is -2.38. The van der Waals surface area contributed by atoms with Gasteiger partial charge in [-0.1, -0.05) is 41.9 Å². The fourth-order valence-electron chi connectivity index (χ4n) is 3.22. The minimum Gasteiger partial charge on any atom is -0.462 e. The Balaban J connectivity index is 2.03. The highest BCUT2D eigenvalue weighted by Crippen LogP contribution is 2.38. The first-order valence-corrected chi connectivity index (χ1v) is 12.3. The molecule has 0 saturated heterocycles. The summed E-state index contributed by atoms with van der Waals surface area (Å²) in [5.74, 6) is -1.62. The summed E-state index contributed by atoms with van der Waals surface area (Å²) in [6, 6.07) is 15.3. The molecular weight excluding hydrogens is 521 g/mol. The van der Waals surface area contributed by atoms with Crippen LogP contribution in [0.1, 0.15) is 22.8 Å². The number of carbonyl (C=O) groups excluding carboxylic acids is 2. The van der Waals surface area contributed by atoms with Crippen LogP contribution in [0.3, 0.4) is 0 Å². The fourth-order valence-corrected chi connectivity index (χ4v) is 4.88. The first-order valence-electron chi connectivity index (χ1n) is 10.5. The van der Waals surface area contributed by atoms with Crippen LogP contribution in [0.25, 0.3) is 0 Å². The molecule has 0 aliphatic heterocycles. The minimum atomic E-state index is -4.86. The molecule has 3 aromatic rings. The number of nitrogens with one attached hydrogen (secondary N) is 1.